The molecule has 0 saturated heterocycles. The van der Waals surface area contributed by atoms with Crippen molar-refractivity contribution in [2.75, 3.05) is 13.7 Å². The van der Waals surface area contributed by atoms with Gasteiger partial charge in [-0.25, -0.2) is 4.79 Å². The fraction of sp³-hybridized carbons (Fsp3) is 0.167. The predicted molar refractivity (Wildman–Crippen MR) is 95.5 cm³/mol. The van der Waals surface area contributed by atoms with E-state index in [1.165, 1.54) is 24.5 Å². The summed E-state index contributed by atoms with van der Waals surface area (Å²) in [6.07, 6.45) is 0. The quantitative estimate of drug-likeness (QED) is 0.526. The molecule has 0 saturated carbocycles. The molecule has 7 nitrogen and oxygen atoms in total. The van der Waals surface area contributed by atoms with Gasteiger partial charge in [-0.1, -0.05) is 6.07 Å². The Morgan fingerprint density at radius 2 is 2.08 bits per heavy atom. The van der Waals surface area contributed by atoms with Gasteiger partial charge < -0.3 is 19.2 Å². The second-order valence-corrected chi connectivity index (χ2v) is 6.22. The number of thiophene rings is 1. The first-order valence-corrected chi connectivity index (χ1v) is 8.53. The Labute approximate surface area is 152 Å². The number of ether oxygens (including phenoxy) is 2. The van der Waals surface area contributed by atoms with Gasteiger partial charge in [0, 0.05) is 23.1 Å². The summed E-state index contributed by atoms with van der Waals surface area (Å²) in [5.74, 6) is -0.397. The lowest BCUT2D eigenvalue weighted by molar-refractivity contribution is -0.143. The van der Waals surface area contributed by atoms with E-state index in [1.54, 1.807) is 35.7 Å². The van der Waals surface area contributed by atoms with Gasteiger partial charge in [0.2, 0.25) is 0 Å². The number of nitrogens with one attached hydrogen (secondary N) is 1. The third-order valence-corrected chi connectivity index (χ3v) is 4.43. The highest BCUT2D eigenvalue weighted by Gasteiger charge is 2.12. The maximum atomic E-state index is 11.9. The average molecular weight is 373 g/mol. The lowest BCUT2D eigenvalue weighted by Crippen LogP contribution is -2.30. The van der Waals surface area contributed by atoms with E-state index in [4.69, 9.17) is 13.9 Å². The summed E-state index contributed by atoms with van der Waals surface area (Å²) in [4.78, 5) is 35.9. The number of carbonyl (C=O) groups excluding carboxylic acids is 2. The molecule has 0 unspecified atom stereocenters. The molecule has 26 heavy (non-hydrogen) atoms. The zero-order valence-corrected chi connectivity index (χ0v) is 14.6. The van der Waals surface area contributed by atoms with Crippen molar-refractivity contribution in [3.05, 3.63) is 62.6 Å². The molecule has 0 aliphatic heterocycles. The van der Waals surface area contributed by atoms with E-state index in [2.05, 4.69) is 5.32 Å². The van der Waals surface area contributed by atoms with Crippen molar-refractivity contribution in [1.82, 2.24) is 5.32 Å². The van der Waals surface area contributed by atoms with Crippen LogP contribution in [0.1, 0.15) is 15.2 Å². The predicted octanol–water partition coefficient (Wildman–Crippen LogP) is 2.34. The minimum Gasteiger partial charge on any atom is -0.497 e. The Morgan fingerprint density at radius 1 is 1.23 bits per heavy atom. The zero-order chi connectivity index (χ0) is 18.5. The number of esters is 1. The van der Waals surface area contributed by atoms with Crippen molar-refractivity contribution in [1.29, 1.82) is 0 Å². The van der Waals surface area contributed by atoms with Gasteiger partial charge in [0.25, 0.3) is 5.91 Å². The molecule has 0 spiro atoms. The molecule has 3 rings (SSSR count). The summed E-state index contributed by atoms with van der Waals surface area (Å²) < 4.78 is 15.4. The summed E-state index contributed by atoms with van der Waals surface area (Å²) in [6.45, 7) is -0.369. The molecule has 1 N–H and O–H groups in total. The molecule has 0 fully saturated rings. The fourth-order valence-electron chi connectivity index (χ4n) is 2.31. The molecule has 0 aliphatic carbocycles. The molecule has 2 aromatic heterocycles. The van der Waals surface area contributed by atoms with Crippen LogP contribution in [-0.2, 0) is 16.1 Å². The Morgan fingerprint density at radius 3 is 2.81 bits per heavy atom. The van der Waals surface area contributed by atoms with Gasteiger partial charge in [-0.05, 0) is 23.6 Å². The van der Waals surface area contributed by atoms with Crippen molar-refractivity contribution in [3.63, 3.8) is 0 Å². The molecule has 134 valence electrons. The van der Waals surface area contributed by atoms with Crippen LogP contribution in [-0.4, -0.2) is 25.5 Å². The van der Waals surface area contributed by atoms with E-state index >= 15 is 0 Å². The van der Waals surface area contributed by atoms with E-state index in [0.29, 0.717) is 27.2 Å². The number of carbonyl (C=O) groups is 2. The molecule has 0 bridgehead atoms. The minimum absolute atomic E-state index is 0.109. The molecule has 2 heterocycles. The van der Waals surface area contributed by atoms with Crippen LogP contribution >= 0.6 is 11.3 Å². The lowest BCUT2D eigenvalue weighted by Gasteiger charge is -2.08. The van der Waals surface area contributed by atoms with Gasteiger partial charge in [0.1, 0.15) is 24.5 Å². The monoisotopic (exact) mass is 373 g/mol. The molecule has 1 aromatic carbocycles. The highest BCUT2D eigenvalue weighted by atomic mass is 32.1. The normalized spacial score (nSPS) is 10.5. The van der Waals surface area contributed by atoms with Crippen molar-refractivity contribution in [2.24, 2.45) is 0 Å². The van der Waals surface area contributed by atoms with Gasteiger partial charge in [0.15, 0.2) is 0 Å². The molecular weight excluding hydrogens is 358 g/mol. The van der Waals surface area contributed by atoms with E-state index in [9.17, 15) is 14.4 Å². The summed E-state index contributed by atoms with van der Waals surface area (Å²) in [7, 11) is 1.51. The van der Waals surface area contributed by atoms with Gasteiger partial charge >= 0.3 is 11.6 Å². The third kappa shape index (κ3) is 4.09. The molecule has 0 radical (unpaired) electrons. The topological polar surface area (TPSA) is 94.8 Å². The highest BCUT2D eigenvalue weighted by molar-refractivity contribution is 7.12. The van der Waals surface area contributed by atoms with Crippen molar-refractivity contribution in [2.45, 2.75) is 6.61 Å². The average Bonchev–Trinajstić information content (AvgIpc) is 3.18. The maximum absolute atomic E-state index is 11.9. The van der Waals surface area contributed by atoms with Crippen molar-refractivity contribution >= 4 is 34.2 Å². The Hall–Kier alpha value is -3.13. The van der Waals surface area contributed by atoms with Crippen LogP contribution in [0.4, 0.5) is 0 Å². The van der Waals surface area contributed by atoms with Crippen molar-refractivity contribution in [3.8, 4) is 5.75 Å². The zero-order valence-electron chi connectivity index (χ0n) is 13.8. The van der Waals surface area contributed by atoms with E-state index in [-0.39, 0.29) is 19.1 Å². The van der Waals surface area contributed by atoms with Crippen LogP contribution in [0.25, 0.3) is 11.0 Å². The van der Waals surface area contributed by atoms with Crippen LogP contribution in [0.15, 0.2) is 51.0 Å². The van der Waals surface area contributed by atoms with Crippen LogP contribution in [0.5, 0.6) is 5.75 Å². The standard InChI is InChI=1S/C18H15NO6S/c1-23-12-4-5-13-11(7-16(20)25-14(13)8-12)10-24-17(21)9-19-18(22)15-3-2-6-26-15/h2-8H,9-10H2,1H3,(H,19,22). The van der Waals surface area contributed by atoms with Gasteiger partial charge in [-0.3, -0.25) is 9.59 Å². The summed E-state index contributed by atoms with van der Waals surface area (Å²) in [5, 5.41) is 4.90. The molecule has 0 atom stereocenters. The number of hydrogen-bond acceptors (Lipinski definition) is 7. The third-order valence-electron chi connectivity index (χ3n) is 3.56. The Bertz CT molecular complexity index is 993. The Balaban J connectivity index is 1.64. The second-order valence-electron chi connectivity index (χ2n) is 5.27. The summed E-state index contributed by atoms with van der Waals surface area (Å²) in [5.41, 5.74) is 0.300. The van der Waals surface area contributed by atoms with Crippen LogP contribution in [0, 0.1) is 0 Å². The molecule has 3 aromatic rings. The van der Waals surface area contributed by atoms with Gasteiger partial charge in [-0.2, -0.15) is 0 Å². The SMILES string of the molecule is COc1ccc2c(COC(=O)CNC(=O)c3cccs3)cc(=O)oc2c1. The number of amides is 1. The summed E-state index contributed by atoms with van der Waals surface area (Å²) in [6, 6.07) is 9.71. The number of methoxy groups -OCH3 is 1. The van der Waals surface area contributed by atoms with Crippen LogP contribution in [0.2, 0.25) is 0 Å². The number of fused-ring (bicyclic) bond motifs is 1. The molecular formula is C18H15NO6S. The Kier molecular flexibility index (Phi) is 5.33. The first-order valence-electron chi connectivity index (χ1n) is 7.65. The number of benzene rings is 1. The summed E-state index contributed by atoms with van der Waals surface area (Å²) >= 11 is 1.28. The van der Waals surface area contributed by atoms with Crippen LogP contribution < -0.4 is 15.7 Å². The maximum Gasteiger partial charge on any atom is 0.336 e. The lowest BCUT2D eigenvalue weighted by atomic mass is 10.1. The number of hydrogen-bond donors (Lipinski definition) is 1. The molecule has 8 heteroatoms. The highest BCUT2D eigenvalue weighted by Crippen LogP contribution is 2.22. The fourth-order valence-corrected chi connectivity index (χ4v) is 2.95. The van der Waals surface area contributed by atoms with Gasteiger partial charge in [-0.15, -0.1) is 11.3 Å². The minimum atomic E-state index is -0.607. The first kappa shape index (κ1) is 17.7. The smallest absolute Gasteiger partial charge is 0.336 e. The molecule has 0 aliphatic rings. The van der Waals surface area contributed by atoms with Crippen LogP contribution in [0.3, 0.4) is 0 Å². The van der Waals surface area contributed by atoms with E-state index in [1.807, 2.05) is 0 Å². The first-order chi connectivity index (χ1) is 12.6. The largest absolute Gasteiger partial charge is 0.497 e. The van der Waals surface area contributed by atoms with Gasteiger partial charge in [0.05, 0.1) is 12.0 Å². The van der Waals surface area contributed by atoms with E-state index < -0.39 is 11.6 Å². The van der Waals surface area contributed by atoms with E-state index in [0.717, 1.165) is 0 Å². The number of rotatable bonds is 6. The van der Waals surface area contributed by atoms with Crippen molar-refractivity contribution < 1.29 is 23.5 Å². The second kappa shape index (κ2) is 7.83. The molecule has 1 amide bonds.